The van der Waals surface area contributed by atoms with Crippen LogP contribution < -0.4 is 10.1 Å². The standard InChI is InChI=1S/C17H21NOS/c1-12(2)19-15-9-7-14(8-10-15)18-17(13-5-6-13)16-4-3-11-20-16/h3-4,7-13,17-18H,5-6H2,1-2H3. The van der Waals surface area contributed by atoms with Crippen molar-refractivity contribution >= 4 is 17.0 Å². The number of rotatable bonds is 6. The van der Waals surface area contributed by atoms with E-state index >= 15 is 0 Å². The Balaban J connectivity index is 1.69. The van der Waals surface area contributed by atoms with Crippen molar-refractivity contribution in [2.75, 3.05) is 5.32 Å². The van der Waals surface area contributed by atoms with Gasteiger partial charge in [0.2, 0.25) is 0 Å². The first-order valence-corrected chi connectivity index (χ1v) is 8.17. The number of thiophene rings is 1. The molecule has 0 aliphatic heterocycles. The number of anilines is 1. The summed E-state index contributed by atoms with van der Waals surface area (Å²) >= 11 is 1.84. The van der Waals surface area contributed by atoms with Crippen molar-refractivity contribution in [2.24, 2.45) is 5.92 Å². The van der Waals surface area contributed by atoms with E-state index in [1.165, 1.54) is 23.4 Å². The fourth-order valence-electron chi connectivity index (χ4n) is 2.40. The fourth-order valence-corrected chi connectivity index (χ4v) is 3.27. The number of hydrogen-bond acceptors (Lipinski definition) is 3. The predicted octanol–water partition coefficient (Wildman–Crippen LogP) is 5.10. The van der Waals surface area contributed by atoms with Crippen LogP contribution >= 0.6 is 11.3 Å². The van der Waals surface area contributed by atoms with Crippen LogP contribution in [-0.2, 0) is 0 Å². The molecular formula is C17H21NOS. The molecule has 1 aliphatic carbocycles. The summed E-state index contributed by atoms with van der Waals surface area (Å²) in [4.78, 5) is 1.44. The maximum Gasteiger partial charge on any atom is 0.119 e. The third-order valence-electron chi connectivity index (χ3n) is 3.49. The van der Waals surface area contributed by atoms with Crippen LogP contribution in [0.5, 0.6) is 5.75 Å². The van der Waals surface area contributed by atoms with E-state index in [1.54, 1.807) is 0 Å². The lowest BCUT2D eigenvalue weighted by molar-refractivity contribution is 0.242. The Labute approximate surface area is 124 Å². The molecule has 0 spiro atoms. The van der Waals surface area contributed by atoms with Crippen molar-refractivity contribution in [3.63, 3.8) is 0 Å². The molecule has 1 aromatic carbocycles. The summed E-state index contributed by atoms with van der Waals surface area (Å²) in [5, 5.41) is 5.84. The fraction of sp³-hybridized carbons (Fsp3) is 0.412. The number of benzene rings is 1. The highest BCUT2D eigenvalue weighted by Crippen LogP contribution is 2.44. The van der Waals surface area contributed by atoms with E-state index in [9.17, 15) is 0 Å². The monoisotopic (exact) mass is 287 g/mol. The van der Waals surface area contributed by atoms with Gasteiger partial charge < -0.3 is 10.1 Å². The summed E-state index contributed by atoms with van der Waals surface area (Å²) in [6.07, 6.45) is 2.90. The van der Waals surface area contributed by atoms with Crippen molar-refractivity contribution in [1.82, 2.24) is 0 Å². The third-order valence-corrected chi connectivity index (χ3v) is 4.45. The van der Waals surface area contributed by atoms with Crippen LogP contribution in [0.2, 0.25) is 0 Å². The summed E-state index contributed by atoms with van der Waals surface area (Å²) < 4.78 is 5.68. The molecule has 1 heterocycles. The zero-order valence-electron chi connectivity index (χ0n) is 12.0. The highest BCUT2D eigenvalue weighted by Gasteiger charge is 2.32. The summed E-state index contributed by atoms with van der Waals surface area (Å²) in [7, 11) is 0. The lowest BCUT2D eigenvalue weighted by atomic mass is 10.1. The molecule has 2 aromatic rings. The number of nitrogens with one attached hydrogen (secondary N) is 1. The SMILES string of the molecule is CC(C)Oc1ccc(NC(c2cccs2)C2CC2)cc1. The maximum absolute atomic E-state index is 5.68. The molecule has 0 bridgehead atoms. The van der Waals surface area contributed by atoms with E-state index in [0.717, 1.165) is 11.7 Å². The summed E-state index contributed by atoms with van der Waals surface area (Å²) in [6.45, 7) is 4.10. The Kier molecular flexibility index (Phi) is 3.97. The second-order valence-corrected chi connectivity index (χ2v) is 6.65. The Bertz CT molecular complexity index is 529. The van der Waals surface area contributed by atoms with Gasteiger partial charge in [0.25, 0.3) is 0 Å². The van der Waals surface area contributed by atoms with Gasteiger partial charge in [-0.25, -0.2) is 0 Å². The molecule has 0 saturated heterocycles. The van der Waals surface area contributed by atoms with Gasteiger partial charge >= 0.3 is 0 Å². The van der Waals surface area contributed by atoms with Gasteiger partial charge in [-0.3, -0.25) is 0 Å². The topological polar surface area (TPSA) is 21.3 Å². The number of ether oxygens (including phenoxy) is 1. The van der Waals surface area contributed by atoms with Crippen molar-refractivity contribution in [3.05, 3.63) is 46.7 Å². The minimum atomic E-state index is 0.221. The molecule has 3 rings (SSSR count). The van der Waals surface area contributed by atoms with Crippen molar-refractivity contribution in [3.8, 4) is 5.75 Å². The first kappa shape index (κ1) is 13.5. The molecule has 0 radical (unpaired) electrons. The molecule has 1 fully saturated rings. The molecule has 0 amide bonds. The molecule has 1 atom stereocenters. The van der Waals surface area contributed by atoms with Crippen LogP contribution in [0.3, 0.4) is 0 Å². The van der Waals surface area contributed by atoms with Crippen LogP contribution in [0.4, 0.5) is 5.69 Å². The van der Waals surface area contributed by atoms with Gasteiger partial charge in [0, 0.05) is 10.6 Å². The van der Waals surface area contributed by atoms with Crippen LogP contribution in [0.15, 0.2) is 41.8 Å². The first-order valence-electron chi connectivity index (χ1n) is 7.29. The second-order valence-electron chi connectivity index (χ2n) is 5.67. The quantitative estimate of drug-likeness (QED) is 0.798. The average molecular weight is 287 g/mol. The molecule has 1 aromatic heterocycles. The normalized spacial score (nSPS) is 16.1. The molecule has 20 heavy (non-hydrogen) atoms. The average Bonchev–Trinajstić information content (AvgIpc) is 3.12. The minimum absolute atomic E-state index is 0.221. The summed E-state index contributed by atoms with van der Waals surface area (Å²) in [5.74, 6) is 1.73. The molecular weight excluding hydrogens is 266 g/mol. The zero-order valence-corrected chi connectivity index (χ0v) is 12.8. The molecule has 1 N–H and O–H groups in total. The van der Waals surface area contributed by atoms with E-state index in [1.807, 2.05) is 37.3 Å². The van der Waals surface area contributed by atoms with Crippen LogP contribution in [0, 0.1) is 5.92 Å². The van der Waals surface area contributed by atoms with E-state index in [0.29, 0.717) is 6.04 Å². The Hall–Kier alpha value is -1.48. The Morgan fingerprint density at radius 1 is 1.15 bits per heavy atom. The highest BCUT2D eigenvalue weighted by molar-refractivity contribution is 7.10. The molecule has 3 heteroatoms. The largest absolute Gasteiger partial charge is 0.491 e. The maximum atomic E-state index is 5.68. The van der Waals surface area contributed by atoms with Crippen LogP contribution in [0.25, 0.3) is 0 Å². The molecule has 1 unspecified atom stereocenters. The predicted molar refractivity (Wildman–Crippen MR) is 85.6 cm³/mol. The summed E-state index contributed by atoms with van der Waals surface area (Å²) in [5.41, 5.74) is 1.17. The van der Waals surface area contributed by atoms with Crippen molar-refractivity contribution < 1.29 is 4.74 Å². The Morgan fingerprint density at radius 3 is 2.45 bits per heavy atom. The first-order chi connectivity index (χ1) is 9.72. The number of hydrogen-bond donors (Lipinski definition) is 1. The zero-order chi connectivity index (χ0) is 13.9. The molecule has 1 aliphatic rings. The second kappa shape index (κ2) is 5.88. The van der Waals surface area contributed by atoms with Gasteiger partial charge in [0.05, 0.1) is 12.1 Å². The van der Waals surface area contributed by atoms with E-state index < -0.39 is 0 Å². The highest BCUT2D eigenvalue weighted by atomic mass is 32.1. The van der Waals surface area contributed by atoms with Crippen molar-refractivity contribution in [1.29, 1.82) is 0 Å². The van der Waals surface area contributed by atoms with Gasteiger partial charge in [0.15, 0.2) is 0 Å². The molecule has 1 saturated carbocycles. The van der Waals surface area contributed by atoms with Gasteiger partial charge in [-0.1, -0.05) is 6.07 Å². The molecule has 2 nitrogen and oxygen atoms in total. The molecule has 106 valence electrons. The van der Waals surface area contributed by atoms with Gasteiger partial charge in [0.1, 0.15) is 5.75 Å². The Morgan fingerprint density at radius 2 is 1.90 bits per heavy atom. The lowest BCUT2D eigenvalue weighted by Gasteiger charge is -2.19. The summed E-state index contributed by atoms with van der Waals surface area (Å²) in [6, 6.07) is 13.1. The third kappa shape index (κ3) is 3.34. The van der Waals surface area contributed by atoms with Crippen LogP contribution in [0.1, 0.15) is 37.6 Å². The van der Waals surface area contributed by atoms with Gasteiger partial charge in [-0.2, -0.15) is 0 Å². The minimum Gasteiger partial charge on any atom is -0.491 e. The lowest BCUT2D eigenvalue weighted by Crippen LogP contribution is -2.11. The van der Waals surface area contributed by atoms with Gasteiger partial charge in [-0.05, 0) is 68.3 Å². The smallest absolute Gasteiger partial charge is 0.119 e. The van der Waals surface area contributed by atoms with Crippen molar-refractivity contribution in [2.45, 2.75) is 38.8 Å². The van der Waals surface area contributed by atoms with Crippen LogP contribution in [-0.4, -0.2) is 6.10 Å². The van der Waals surface area contributed by atoms with E-state index in [4.69, 9.17) is 4.74 Å². The van der Waals surface area contributed by atoms with E-state index in [2.05, 4.69) is 35.0 Å². The van der Waals surface area contributed by atoms with Gasteiger partial charge in [-0.15, -0.1) is 11.3 Å². The van der Waals surface area contributed by atoms with E-state index in [-0.39, 0.29) is 6.10 Å².